The summed E-state index contributed by atoms with van der Waals surface area (Å²) in [5, 5.41) is 0. The van der Waals surface area contributed by atoms with Crippen LogP contribution in [-0.4, -0.2) is 33.7 Å². The highest BCUT2D eigenvalue weighted by atomic mass is 31.2. The van der Waals surface area contributed by atoms with Crippen LogP contribution in [0.5, 0.6) is 0 Å². The predicted octanol–water partition coefficient (Wildman–Crippen LogP) is 2.93. The molecule has 0 aliphatic carbocycles. The van der Waals surface area contributed by atoms with Crippen LogP contribution in [0.1, 0.15) is 12.0 Å². The molecule has 0 saturated heterocycles. The first-order valence-corrected chi connectivity index (χ1v) is 14.1. The molecular formula is C22H28N2O5P2+2. The van der Waals surface area contributed by atoms with Crippen molar-refractivity contribution in [2.75, 3.05) is 19.0 Å². The van der Waals surface area contributed by atoms with E-state index in [0.29, 0.717) is 25.5 Å². The number of hydrogen-bond acceptors (Lipinski definition) is 2. The topological polar surface area (TPSA) is 103 Å². The lowest BCUT2D eigenvalue weighted by Gasteiger charge is -2.04. The van der Waals surface area contributed by atoms with E-state index in [4.69, 9.17) is 9.79 Å². The molecule has 9 heteroatoms. The lowest BCUT2D eigenvalue weighted by Crippen LogP contribution is -2.32. The van der Waals surface area contributed by atoms with Crippen LogP contribution >= 0.6 is 15.0 Å². The molecule has 2 aromatic heterocycles. The Balaban J connectivity index is 1.62. The quantitative estimate of drug-likeness (QED) is 0.335. The molecule has 7 nitrogen and oxygen atoms in total. The van der Waals surface area contributed by atoms with Gasteiger partial charge in [0.25, 0.3) is 0 Å². The van der Waals surface area contributed by atoms with Crippen molar-refractivity contribution < 1.29 is 32.9 Å². The third-order valence-corrected chi connectivity index (χ3v) is 6.92. The number of aromatic nitrogens is 2. The van der Waals surface area contributed by atoms with Gasteiger partial charge in [-0.15, -0.1) is 0 Å². The Morgan fingerprint density at radius 3 is 1.84 bits per heavy atom. The van der Waals surface area contributed by atoms with Crippen LogP contribution in [0.15, 0.2) is 73.3 Å². The zero-order valence-electron chi connectivity index (χ0n) is 17.4. The smallest absolute Gasteiger partial charge is 0.325 e. The number of pyridine rings is 2. The molecule has 0 aliphatic rings. The Bertz CT molecular complexity index is 1090. The van der Waals surface area contributed by atoms with Gasteiger partial charge in [0.1, 0.15) is 6.54 Å². The molecule has 0 bridgehead atoms. The van der Waals surface area contributed by atoms with Crippen LogP contribution in [0, 0.1) is 0 Å². The minimum Gasteiger partial charge on any atom is -0.344 e. The Hall–Kier alpha value is -2.14. The third-order valence-electron chi connectivity index (χ3n) is 4.97. The second-order valence-corrected chi connectivity index (χ2v) is 12.1. The van der Waals surface area contributed by atoms with Gasteiger partial charge in [-0.1, -0.05) is 12.1 Å². The molecular weight excluding hydrogens is 434 g/mol. The summed E-state index contributed by atoms with van der Waals surface area (Å²) in [5.41, 5.74) is 4.02. The zero-order valence-corrected chi connectivity index (χ0v) is 19.2. The molecule has 2 heterocycles. The first kappa shape index (κ1) is 23.5. The van der Waals surface area contributed by atoms with Crippen molar-refractivity contribution in [1.29, 1.82) is 0 Å². The summed E-state index contributed by atoms with van der Waals surface area (Å²) >= 11 is 0. The van der Waals surface area contributed by atoms with E-state index >= 15 is 0 Å². The van der Waals surface area contributed by atoms with Crippen molar-refractivity contribution in [3.8, 4) is 16.8 Å². The molecule has 1 atom stereocenters. The maximum absolute atomic E-state index is 11.4. The molecule has 0 fully saturated rings. The van der Waals surface area contributed by atoms with E-state index in [-0.39, 0.29) is 6.16 Å². The highest BCUT2D eigenvalue weighted by Crippen LogP contribution is 2.35. The minimum absolute atomic E-state index is 0.147. The molecule has 3 aromatic rings. The Labute approximate surface area is 182 Å². The fourth-order valence-corrected chi connectivity index (χ4v) is 4.52. The van der Waals surface area contributed by atoms with Gasteiger partial charge in [0.15, 0.2) is 32.2 Å². The number of nitrogens with zero attached hydrogens (tertiary/aromatic N) is 2. The third kappa shape index (κ3) is 7.80. The van der Waals surface area contributed by atoms with Gasteiger partial charge in [-0.2, -0.15) is 4.57 Å². The molecule has 0 radical (unpaired) electrons. The van der Waals surface area contributed by atoms with Gasteiger partial charge in [0.2, 0.25) is 5.69 Å². The molecule has 1 unspecified atom stereocenters. The van der Waals surface area contributed by atoms with Crippen LogP contribution in [0.25, 0.3) is 16.8 Å². The summed E-state index contributed by atoms with van der Waals surface area (Å²) in [6.07, 6.45) is 9.09. The van der Waals surface area contributed by atoms with E-state index in [2.05, 4.69) is 0 Å². The zero-order chi connectivity index (χ0) is 22.5. The molecule has 164 valence electrons. The lowest BCUT2D eigenvalue weighted by molar-refractivity contribution is -0.696. The van der Waals surface area contributed by atoms with Crippen LogP contribution < -0.4 is 9.13 Å². The summed E-state index contributed by atoms with van der Waals surface area (Å²) in [6.45, 7) is 2.10. The molecule has 3 N–H and O–H groups in total. The molecule has 31 heavy (non-hydrogen) atoms. The second-order valence-electron chi connectivity index (χ2n) is 7.75. The molecule has 1 aromatic carbocycles. The van der Waals surface area contributed by atoms with E-state index in [1.165, 1.54) is 6.66 Å². The maximum Gasteiger partial charge on any atom is 0.325 e. The maximum atomic E-state index is 11.4. The van der Waals surface area contributed by atoms with Gasteiger partial charge < -0.3 is 14.7 Å². The van der Waals surface area contributed by atoms with E-state index in [0.717, 1.165) is 22.4 Å². The normalized spacial score (nSPS) is 13.7. The van der Waals surface area contributed by atoms with Gasteiger partial charge in [-0.05, 0) is 23.1 Å². The summed E-state index contributed by atoms with van der Waals surface area (Å²) in [7, 11) is -6.93. The molecule has 0 saturated carbocycles. The largest absolute Gasteiger partial charge is 0.344 e. The Morgan fingerprint density at radius 2 is 1.32 bits per heavy atom. The summed E-state index contributed by atoms with van der Waals surface area (Å²) in [4.78, 5) is 27.4. The van der Waals surface area contributed by atoms with E-state index in [9.17, 15) is 14.0 Å². The first-order chi connectivity index (χ1) is 14.6. The van der Waals surface area contributed by atoms with Crippen LogP contribution in [0.3, 0.4) is 0 Å². The van der Waals surface area contributed by atoms with E-state index in [1.807, 2.05) is 82.5 Å². The van der Waals surface area contributed by atoms with Crippen molar-refractivity contribution in [2.24, 2.45) is 0 Å². The van der Waals surface area contributed by atoms with Crippen molar-refractivity contribution in [1.82, 2.24) is 0 Å². The monoisotopic (exact) mass is 462 g/mol. The highest BCUT2D eigenvalue weighted by Gasteiger charge is 2.14. The van der Waals surface area contributed by atoms with Gasteiger partial charge in [-0.3, -0.25) is 9.13 Å². The van der Waals surface area contributed by atoms with Gasteiger partial charge in [0.05, 0.1) is 6.16 Å². The number of hydrogen-bond donors (Lipinski definition) is 3. The van der Waals surface area contributed by atoms with Crippen LogP contribution in [0.2, 0.25) is 0 Å². The molecule has 0 amide bonds. The lowest BCUT2D eigenvalue weighted by atomic mass is 10.1. The standard InChI is InChI=1S/C22H26N2O5P2/c1-30(25,26)17-2-12-23-13-7-20(8-14-23)21-9-15-24(16-10-21)22-5-3-19(4-6-22)11-18-31(27,28)29/h3-10,13-16H,2,11-12,17-18H2,1H3,(H-2,25,26,27,28,29)/p+2. The van der Waals surface area contributed by atoms with Gasteiger partial charge >= 0.3 is 7.60 Å². The van der Waals surface area contributed by atoms with Crippen molar-refractivity contribution in [2.45, 2.75) is 19.4 Å². The summed E-state index contributed by atoms with van der Waals surface area (Å²) in [6, 6.07) is 15.7. The van der Waals surface area contributed by atoms with Crippen LogP contribution in [0.4, 0.5) is 0 Å². The Morgan fingerprint density at radius 1 is 0.774 bits per heavy atom. The van der Waals surface area contributed by atoms with E-state index < -0.39 is 15.0 Å². The van der Waals surface area contributed by atoms with Gasteiger partial charge in [-0.25, -0.2) is 4.57 Å². The SMILES string of the molecule is CP(=O)(O)CCC[n+]1ccc(-c2cc[n+](-c3ccc(CCP(=O)(O)O)cc3)cc2)cc1. The summed E-state index contributed by atoms with van der Waals surface area (Å²) < 4.78 is 26.4. The Kier molecular flexibility index (Phi) is 7.58. The fourth-order valence-electron chi connectivity index (χ4n) is 3.25. The van der Waals surface area contributed by atoms with E-state index in [1.54, 1.807) is 0 Å². The first-order valence-electron chi connectivity index (χ1n) is 10.0. The fraction of sp³-hybridized carbons (Fsp3) is 0.273. The number of aryl methyl sites for hydroxylation is 2. The van der Waals surface area contributed by atoms with Crippen molar-refractivity contribution in [3.05, 3.63) is 78.9 Å². The van der Waals surface area contributed by atoms with Crippen LogP contribution in [-0.2, 0) is 22.1 Å². The minimum atomic E-state index is -3.98. The number of benzene rings is 1. The average Bonchev–Trinajstić information content (AvgIpc) is 2.72. The second kappa shape index (κ2) is 9.99. The summed E-state index contributed by atoms with van der Waals surface area (Å²) in [5.74, 6) is 0. The molecule has 0 spiro atoms. The number of rotatable bonds is 9. The molecule has 0 aliphatic heterocycles. The highest BCUT2D eigenvalue weighted by molar-refractivity contribution is 7.57. The van der Waals surface area contributed by atoms with Crippen molar-refractivity contribution >= 4 is 15.0 Å². The molecule has 3 rings (SSSR count). The van der Waals surface area contributed by atoms with Crippen molar-refractivity contribution in [3.63, 3.8) is 0 Å². The average molecular weight is 462 g/mol. The van der Waals surface area contributed by atoms with Gasteiger partial charge in [0, 0.05) is 55.6 Å². The predicted molar refractivity (Wildman–Crippen MR) is 119 cm³/mol.